The Labute approximate surface area is 158 Å². The summed E-state index contributed by atoms with van der Waals surface area (Å²) >= 11 is 0. The molecule has 0 aliphatic heterocycles. The topological polar surface area (TPSA) is 64.6 Å². The van der Waals surface area contributed by atoms with E-state index in [-0.39, 0.29) is 129 Å². The Bertz CT molecular complexity index is 57.5. The molecule has 0 saturated heterocycles. The summed E-state index contributed by atoms with van der Waals surface area (Å²) in [5, 5.41) is 19.6. The van der Waals surface area contributed by atoms with Crippen LogP contribution in [0.25, 0.3) is 0 Å². The largest absolute Gasteiger partial charge is 1.00 e. The monoisotopic (exact) mass is 226 g/mol. The van der Waals surface area contributed by atoms with Crippen LogP contribution in [0.2, 0.25) is 0 Å². The quantitative estimate of drug-likeness (QED) is 0.319. The molecule has 0 unspecified atom stereocenters. The van der Waals surface area contributed by atoms with E-state index in [2.05, 4.69) is 0 Å². The molecule has 0 bridgehead atoms. The van der Waals surface area contributed by atoms with E-state index in [4.69, 9.17) is 9.47 Å². The van der Waals surface area contributed by atoms with Gasteiger partial charge in [-0.1, -0.05) is 0 Å². The molecule has 0 aromatic carbocycles. The van der Waals surface area contributed by atoms with Crippen LogP contribution in [0.5, 0.6) is 0 Å². The Hall–Kier alpha value is 3.11. The van der Waals surface area contributed by atoms with Crippen LogP contribution in [0.3, 0.4) is 0 Å². The molecule has 0 fully saturated rings. The fraction of sp³-hybridized carbons (Fsp3) is 1.00. The van der Waals surface area contributed by atoms with Crippen molar-refractivity contribution < 1.29 is 122 Å². The molecule has 12 heavy (non-hydrogen) atoms. The Morgan fingerprint density at radius 1 is 0.667 bits per heavy atom. The van der Waals surface area contributed by atoms with Crippen LogP contribution in [-0.2, 0) is 9.47 Å². The summed E-state index contributed by atoms with van der Waals surface area (Å²) in [5.41, 5.74) is 0. The van der Waals surface area contributed by atoms with Crippen LogP contribution in [0, 0.1) is 0 Å². The van der Waals surface area contributed by atoms with Gasteiger partial charge in [0.1, 0.15) is 0 Å². The molecule has 0 aliphatic rings. The summed E-state index contributed by atoms with van der Waals surface area (Å²) in [7, 11) is 0. The predicted octanol–water partition coefficient (Wildman–Crippen LogP) is -8.25. The molecular weight excluding hydrogens is 214 g/mol. The van der Waals surface area contributed by atoms with E-state index in [1.165, 1.54) is 0 Å². The predicted molar refractivity (Wildman–Crippen MR) is 31.4 cm³/mol. The maximum Gasteiger partial charge on any atom is 1.00 e. The van der Waals surface area contributed by atoms with Crippen LogP contribution < -0.4 is 113 Å². The van der Waals surface area contributed by atoms with Crippen molar-refractivity contribution in [3.8, 4) is 0 Å². The number of ether oxygens (including phenoxy) is 2. The summed E-state index contributed by atoms with van der Waals surface area (Å²) in [6, 6.07) is 0. The number of hydrogen-bond donors (Lipinski definition) is 0. The second-order valence-electron chi connectivity index (χ2n) is 1.63. The minimum Gasteiger partial charge on any atom is -0.853 e. The van der Waals surface area contributed by atoms with E-state index in [1.807, 2.05) is 0 Å². The summed E-state index contributed by atoms with van der Waals surface area (Å²) in [4.78, 5) is 0. The van der Waals surface area contributed by atoms with Crippen LogP contribution in [0.15, 0.2) is 0 Å². The SMILES string of the molecule is [K+].[K+].[O-]CCOCCOCC[O-]. The van der Waals surface area contributed by atoms with Crippen LogP contribution >= 0.6 is 0 Å². The molecule has 0 saturated carbocycles. The molecule has 0 heterocycles. The van der Waals surface area contributed by atoms with E-state index in [9.17, 15) is 10.2 Å². The third kappa shape index (κ3) is 18.8. The maximum atomic E-state index is 9.80. The van der Waals surface area contributed by atoms with Gasteiger partial charge < -0.3 is 19.7 Å². The number of hydrogen-bond acceptors (Lipinski definition) is 4. The average molecular weight is 226 g/mol. The minimum absolute atomic E-state index is 0. The third-order valence-electron chi connectivity index (χ3n) is 0.827. The van der Waals surface area contributed by atoms with Gasteiger partial charge in [-0.05, 0) is 0 Å². The molecule has 0 radical (unpaired) electrons. The fourth-order valence-corrected chi connectivity index (χ4v) is 0.440. The standard InChI is InChI=1S/C6H12O4.2K/c7-1-3-9-5-6-10-4-2-8;;/h1-6H2;;/q-2;2*+1. The van der Waals surface area contributed by atoms with Gasteiger partial charge in [0.25, 0.3) is 0 Å². The van der Waals surface area contributed by atoms with Crippen molar-refractivity contribution in [2.75, 3.05) is 39.6 Å². The molecule has 0 aliphatic carbocycles. The van der Waals surface area contributed by atoms with Gasteiger partial charge in [-0.3, -0.25) is 0 Å². The van der Waals surface area contributed by atoms with E-state index < -0.39 is 0 Å². The van der Waals surface area contributed by atoms with Crippen molar-refractivity contribution >= 4 is 0 Å². The molecule has 0 atom stereocenters. The molecule has 6 heteroatoms. The summed E-state index contributed by atoms with van der Waals surface area (Å²) in [6.45, 7) is 0.815. The zero-order valence-corrected chi connectivity index (χ0v) is 14.1. The van der Waals surface area contributed by atoms with E-state index in [1.54, 1.807) is 0 Å². The van der Waals surface area contributed by atoms with Crippen molar-refractivity contribution in [2.24, 2.45) is 0 Å². The summed E-state index contributed by atoms with van der Waals surface area (Å²) in [5.74, 6) is 0. The third-order valence-corrected chi connectivity index (χ3v) is 0.827. The molecule has 62 valence electrons. The van der Waals surface area contributed by atoms with Crippen molar-refractivity contribution in [2.45, 2.75) is 0 Å². The molecular formula is C6H12K2O4. The minimum atomic E-state index is -0.221. The first-order valence-electron chi connectivity index (χ1n) is 3.23. The summed E-state index contributed by atoms with van der Waals surface area (Å²) < 4.78 is 9.58. The van der Waals surface area contributed by atoms with Crippen molar-refractivity contribution in [1.82, 2.24) is 0 Å². The first-order valence-corrected chi connectivity index (χ1v) is 3.23. The normalized spacial score (nSPS) is 8.50. The van der Waals surface area contributed by atoms with Gasteiger partial charge in [0.2, 0.25) is 0 Å². The molecule has 0 spiro atoms. The smallest absolute Gasteiger partial charge is 0.853 e. The average Bonchev–Trinajstić information content (AvgIpc) is 1.97. The number of rotatable bonds is 7. The molecule has 0 aromatic rings. The zero-order chi connectivity index (χ0) is 7.66. The summed E-state index contributed by atoms with van der Waals surface area (Å²) in [6.07, 6.45) is 0. The van der Waals surface area contributed by atoms with E-state index >= 15 is 0 Å². The second kappa shape index (κ2) is 19.6. The fourth-order valence-electron chi connectivity index (χ4n) is 0.440. The van der Waals surface area contributed by atoms with Crippen LogP contribution in [0.1, 0.15) is 0 Å². The van der Waals surface area contributed by atoms with Crippen molar-refractivity contribution in [3.05, 3.63) is 0 Å². The molecule has 0 rings (SSSR count). The van der Waals surface area contributed by atoms with Gasteiger partial charge in [-0.15, -0.1) is 13.2 Å². The Morgan fingerprint density at radius 3 is 1.25 bits per heavy atom. The van der Waals surface area contributed by atoms with Gasteiger partial charge in [0.05, 0.1) is 13.2 Å². The van der Waals surface area contributed by atoms with Crippen LogP contribution in [0.4, 0.5) is 0 Å². The second-order valence-corrected chi connectivity index (χ2v) is 1.63. The van der Waals surface area contributed by atoms with E-state index in [0.717, 1.165) is 0 Å². The Kier molecular flexibility index (Phi) is 33.6. The molecule has 0 aromatic heterocycles. The van der Waals surface area contributed by atoms with Crippen molar-refractivity contribution in [3.63, 3.8) is 0 Å². The van der Waals surface area contributed by atoms with Gasteiger partial charge in [0.15, 0.2) is 0 Å². The van der Waals surface area contributed by atoms with Gasteiger partial charge in [-0.25, -0.2) is 0 Å². The van der Waals surface area contributed by atoms with Crippen molar-refractivity contribution in [1.29, 1.82) is 0 Å². The Morgan fingerprint density at radius 2 is 1.00 bits per heavy atom. The van der Waals surface area contributed by atoms with Gasteiger partial charge >= 0.3 is 103 Å². The maximum absolute atomic E-state index is 9.80. The van der Waals surface area contributed by atoms with Crippen LogP contribution in [-0.4, -0.2) is 39.6 Å². The first-order chi connectivity index (χ1) is 4.91. The molecule has 0 N–H and O–H groups in total. The molecule has 0 amide bonds. The zero-order valence-electron chi connectivity index (χ0n) is 7.88. The Balaban J connectivity index is -0.000000405. The molecule has 4 nitrogen and oxygen atoms in total. The first kappa shape index (κ1) is 20.5. The van der Waals surface area contributed by atoms with Gasteiger partial charge in [0, 0.05) is 13.2 Å². The van der Waals surface area contributed by atoms with Gasteiger partial charge in [-0.2, -0.15) is 0 Å². The van der Waals surface area contributed by atoms with E-state index in [0.29, 0.717) is 13.2 Å².